The van der Waals surface area contributed by atoms with Crippen LogP contribution < -0.4 is 10.9 Å². The van der Waals surface area contributed by atoms with Crippen LogP contribution in [-0.4, -0.2) is 54.3 Å². The van der Waals surface area contributed by atoms with E-state index in [9.17, 15) is 4.79 Å². The number of hydrogen-bond donors (Lipinski definition) is 1. The van der Waals surface area contributed by atoms with Crippen LogP contribution in [-0.2, 0) is 16.5 Å². The Hall–Kier alpha value is -1.64. The average molecular weight is 324 g/mol. The minimum Gasteiger partial charge on any atom is -0.382 e. The van der Waals surface area contributed by atoms with Crippen LogP contribution in [0.4, 0.5) is 5.82 Å². The van der Waals surface area contributed by atoms with Gasteiger partial charge in [0.05, 0.1) is 24.8 Å². The van der Waals surface area contributed by atoms with E-state index in [1.807, 2.05) is 12.3 Å². The first kappa shape index (κ1) is 16.7. The maximum absolute atomic E-state index is 12.4. The van der Waals surface area contributed by atoms with Crippen LogP contribution in [0.2, 0.25) is 0 Å². The SMILES string of the molecule is COCC(COC)Nc1nc(SC)nc2ccn(C)c(=O)c12. The first-order valence-corrected chi connectivity index (χ1v) is 7.99. The number of aromatic nitrogens is 3. The molecular weight excluding hydrogens is 304 g/mol. The third-order valence-electron chi connectivity index (χ3n) is 3.17. The van der Waals surface area contributed by atoms with Crippen LogP contribution in [0.25, 0.3) is 10.9 Å². The van der Waals surface area contributed by atoms with Crippen molar-refractivity contribution in [1.29, 1.82) is 0 Å². The van der Waals surface area contributed by atoms with Gasteiger partial charge in [-0.15, -0.1) is 0 Å². The highest BCUT2D eigenvalue weighted by molar-refractivity contribution is 7.98. The summed E-state index contributed by atoms with van der Waals surface area (Å²) in [7, 11) is 4.94. The van der Waals surface area contributed by atoms with Crippen molar-refractivity contribution in [2.24, 2.45) is 7.05 Å². The number of nitrogens with one attached hydrogen (secondary N) is 1. The average Bonchev–Trinajstić information content (AvgIpc) is 2.51. The molecule has 0 saturated heterocycles. The number of ether oxygens (including phenoxy) is 2. The predicted octanol–water partition coefficient (Wildman–Crippen LogP) is 1.12. The Kier molecular flexibility index (Phi) is 5.76. The van der Waals surface area contributed by atoms with Crippen molar-refractivity contribution in [2.45, 2.75) is 11.2 Å². The lowest BCUT2D eigenvalue weighted by Crippen LogP contribution is -2.31. The molecule has 8 heteroatoms. The Labute approximate surface area is 133 Å². The van der Waals surface area contributed by atoms with E-state index in [-0.39, 0.29) is 11.6 Å². The normalized spacial score (nSPS) is 11.3. The maximum atomic E-state index is 12.4. The molecule has 2 rings (SSSR count). The fraction of sp³-hybridized carbons (Fsp3) is 0.500. The van der Waals surface area contributed by atoms with Crippen LogP contribution in [0.1, 0.15) is 0 Å². The summed E-state index contributed by atoms with van der Waals surface area (Å²) >= 11 is 1.43. The van der Waals surface area contributed by atoms with Crippen molar-refractivity contribution in [2.75, 3.05) is 39.0 Å². The molecule has 0 amide bonds. The molecule has 0 aliphatic rings. The Morgan fingerprint density at radius 3 is 2.59 bits per heavy atom. The molecule has 0 aliphatic heterocycles. The number of pyridine rings is 1. The van der Waals surface area contributed by atoms with Crippen molar-refractivity contribution in [3.63, 3.8) is 0 Å². The standard InChI is InChI=1S/C14H20N4O3S/c1-18-6-5-10-11(13(18)19)12(17-14(16-10)22-4)15-9(7-20-2)8-21-3/h5-6,9H,7-8H2,1-4H3,(H,15,16,17). The predicted molar refractivity (Wildman–Crippen MR) is 87.7 cm³/mol. The Bertz CT molecular complexity index is 698. The molecule has 0 saturated carbocycles. The Morgan fingerprint density at radius 2 is 2.00 bits per heavy atom. The number of nitrogens with zero attached hydrogens (tertiary/aromatic N) is 3. The van der Waals surface area contributed by atoms with E-state index in [1.54, 1.807) is 27.5 Å². The summed E-state index contributed by atoms with van der Waals surface area (Å²) in [5.41, 5.74) is 0.486. The lowest BCUT2D eigenvalue weighted by atomic mass is 10.2. The zero-order valence-electron chi connectivity index (χ0n) is 13.1. The highest BCUT2D eigenvalue weighted by Gasteiger charge is 2.16. The molecule has 2 aromatic rings. The summed E-state index contributed by atoms with van der Waals surface area (Å²) in [6.07, 6.45) is 3.60. The van der Waals surface area contributed by atoms with Crippen molar-refractivity contribution >= 4 is 28.5 Å². The molecule has 2 heterocycles. The van der Waals surface area contributed by atoms with Crippen molar-refractivity contribution in [3.05, 3.63) is 22.6 Å². The number of aryl methyl sites for hydroxylation is 1. The van der Waals surface area contributed by atoms with Gasteiger partial charge in [0.25, 0.3) is 5.56 Å². The number of thioether (sulfide) groups is 1. The second-order valence-electron chi connectivity index (χ2n) is 4.80. The lowest BCUT2D eigenvalue weighted by molar-refractivity contribution is 0.126. The van der Waals surface area contributed by atoms with Gasteiger partial charge in [0.1, 0.15) is 11.2 Å². The van der Waals surface area contributed by atoms with E-state index in [0.717, 1.165) is 0 Å². The smallest absolute Gasteiger partial charge is 0.263 e. The minimum atomic E-state index is -0.138. The zero-order chi connectivity index (χ0) is 16.1. The lowest BCUT2D eigenvalue weighted by Gasteiger charge is -2.19. The molecule has 0 fully saturated rings. The summed E-state index contributed by atoms with van der Waals surface area (Å²) in [6, 6.07) is 1.71. The van der Waals surface area contributed by atoms with E-state index in [1.165, 1.54) is 16.3 Å². The molecule has 0 bridgehead atoms. The van der Waals surface area contributed by atoms with Crippen LogP contribution in [0.15, 0.2) is 22.2 Å². The van der Waals surface area contributed by atoms with Gasteiger partial charge in [-0.3, -0.25) is 4.79 Å². The Balaban J connectivity index is 2.54. The molecule has 2 aromatic heterocycles. The fourth-order valence-corrected chi connectivity index (χ4v) is 2.51. The molecule has 0 unspecified atom stereocenters. The van der Waals surface area contributed by atoms with Crippen molar-refractivity contribution < 1.29 is 9.47 Å². The molecule has 120 valence electrons. The number of rotatable bonds is 7. The van der Waals surface area contributed by atoms with Gasteiger partial charge in [-0.05, 0) is 12.3 Å². The first-order chi connectivity index (χ1) is 10.6. The van der Waals surface area contributed by atoms with Gasteiger partial charge >= 0.3 is 0 Å². The summed E-state index contributed by atoms with van der Waals surface area (Å²) in [4.78, 5) is 21.3. The number of fused-ring (bicyclic) bond motifs is 1. The van der Waals surface area contributed by atoms with Crippen molar-refractivity contribution in [1.82, 2.24) is 14.5 Å². The van der Waals surface area contributed by atoms with Gasteiger partial charge in [0, 0.05) is 27.5 Å². The molecule has 0 atom stereocenters. The van der Waals surface area contributed by atoms with Gasteiger partial charge in [0.2, 0.25) is 0 Å². The largest absolute Gasteiger partial charge is 0.382 e. The van der Waals surface area contributed by atoms with Gasteiger partial charge in [-0.1, -0.05) is 11.8 Å². The number of hydrogen-bond acceptors (Lipinski definition) is 7. The summed E-state index contributed by atoms with van der Waals surface area (Å²) in [6.45, 7) is 0.891. The van der Waals surface area contributed by atoms with Crippen LogP contribution >= 0.6 is 11.8 Å². The summed E-state index contributed by atoms with van der Waals surface area (Å²) in [5, 5.41) is 4.32. The second-order valence-corrected chi connectivity index (χ2v) is 5.58. The topological polar surface area (TPSA) is 78.3 Å². The van der Waals surface area contributed by atoms with Gasteiger partial charge in [-0.2, -0.15) is 0 Å². The Morgan fingerprint density at radius 1 is 1.32 bits per heavy atom. The van der Waals surface area contributed by atoms with E-state index in [0.29, 0.717) is 35.1 Å². The third-order valence-corrected chi connectivity index (χ3v) is 3.71. The molecule has 1 N–H and O–H groups in total. The highest BCUT2D eigenvalue weighted by Crippen LogP contribution is 2.21. The number of methoxy groups -OCH3 is 2. The van der Waals surface area contributed by atoms with E-state index < -0.39 is 0 Å². The molecule has 0 radical (unpaired) electrons. The molecule has 22 heavy (non-hydrogen) atoms. The molecule has 0 aliphatic carbocycles. The van der Waals surface area contributed by atoms with Gasteiger partial charge < -0.3 is 19.4 Å². The maximum Gasteiger partial charge on any atom is 0.263 e. The third kappa shape index (κ3) is 3.57. The molecule has 0 spiro atoms. The molecular formula is C14H20N4O3S. The number of anilines is 1. The molecule has 7 nitrogen and oxygen atoms in total. The monoisotopic (exact) mass is 324 g/mol. The van der Waals surface area contributed by atoms with Crippen LogP contribution in [0.3, 0.4) is 0 Å². The van der Waals surface area contributed by atoms with E-state index in [2.05, 4.69) is 15.3 Å². The van der Waals surface area contributed by atoms with Crippen LogP contribution in [0, 0.1) is 0 Å². The fourth-order valence-electron chi connectivity index (χ4n) is 2.14. The van der Waals surface area contributed by atoms with Gasteiger partial charge in [-0.25, -0.2) is 9.97 Å². The van der Waals surface area contributed by atoms with Gasteiger partial charge in [0.15, 0.2) is 5.16 Å². The zero-order valence-corrected chi connectivity index (χ0v) is 13.9. The minimum absolute atomic E-state index is 0.104. The summed E-state index contributed by atoms with van der Waals surface area (Å²) < 4.78 is 11.9. The van der Waals surface area contributed by atoms with E-state index in [4.69, 9.17) is 9.47 Å². The quantitative estimate of drug-likeness (QED) is 0.604. The molecule has 0 aromatic carbocycles. The highest BCUT2D eigenvalue weighted by atomic mass is 32.2. The summed E-state index contributed by atoms with van der Waals surface area (Å²) in [5.74, 6) is 0.509. The second kappa shape index (κ2) is 7.57. The van der Waals surface area contributed by atoms with Crippen molar-refractivity contribution in [3.8, 4) is 0 Å². The van der Waals surface area contributed by atoms with E-state index >= 15 is 0 Å². The van der Waals surface area contributed by atoms with Crippen LogP contribution in [0.5, 0.6) is 0 Å². The first-order valence-electron chi connectivity index (χ1n) is 6.76.